The Morgan fingerprint density at radius 3 is 2.95 bits per heavy atom. The first-order valence-corrected chi connectivity index (χ1v) is 6.54. The van der Waals surface area contributed by atoms with Crippen molar-refractivity contribution in [3.63, 3.8) is 0 Å². The molecule has 19 heavy (non-hydrogen) atoms. The minimum atomic E-state index is -0.235. The molecular weight excluding hydrogens is 240 g/mol. The van der Waals surface area contributed by atoms with Gasteiger partial charge in [-0.3, -0.25) is 4.79 Å². The largest absolute Gasteiger partial charge is 0.358 e. The molecule has 1 unspecified atom stereocenters. The van der Waals surface area contributed by atoms with Gasteiger partial charge in [-0.25, -0.2) is 4.98 Å². The van der Waals surface area contributed by atoms with Crippen LogP contribution in [0.3, 0.4) is 0 Å². The lowest BCUT2D eigenvalue weighted by Crippen LogP contribution is -2.38. The highest BCUT2D eigenvalue weighted by Gasteiger charge is 2.21. The Morgan fingerprint density at radius 2 is 2.26 bits per heavy atom. The minimum absolute atomic E-state index is 0.0268. The van der Waals surface area contributed by atoms with Gasteiger partial charge in [-0.15, -0.1) is 0 Å². The van der Waals surface area contributed by atoms with Crippen LogP contribution in [0.15, 0.2) is 6.07 Å². The SMILES string of the molecule is Cc1cc(NC2CCCCNC2=O)nc(C)c1C#N. The van der Waals surface area contributed by atoms with Crippen LogP contribution in [0.5, 0.6) is 0 Å². The van der Waals surface area contributed by atoms with E-state index in [0.717, 1.165) is 31.4 Å². The van der Waals surface area contributed by atoms with Crippen molar-refractivity contribution >= 4 is 11.7 Å². The number of aromatic nitrogens is 1. The number of amides is 1. The Labute approximate surface area is 113 Å². The number of nitrogens with one attached hydrogen (secondary N) is 2. The molecule has 0 spiro atoms. The Bertz CT molecular complexity index is 510. The predicted octanol–water partition coefficient (Wildman–Crippen LogP) is 1.65. The van der Waals surface area contributed by atoms with Gasteiger partial charge in [0, 0.05) is 6.54 Å². The summed E-state index contributed by atoms with van der Waals surface area (Å²) in [5, 5.41) is 15.1. The number of nitriles is 1. The molecule has 1 fully saturated rings. The molecular formula is C14H18N4O. The third-order valence-corrected chi connectivity index (χ3v) is 3.37. The Morgan fingerprint density at radius 1 is 1.47 bits per heavy atom. The van der Waals surface area contributed by atoms with Crippen LogP contribution in [-0.2, 0) is 4.79 Å². The van der Waals surface area contributed by atoms with Crippen molar-refractivity contribution in [1.82, 2.24) is 10.3 Å². The molecule has 1 aromatic rings. The number of carbonyl (C=O) groups is 1. The third-order valence-electron chi connectivity index (χ3n) is 3.37. The monoisotopic (exact) mass is 258 g/mol. The number of anilines is 1. The van der Waals surface area contributed by atoms with Crippen LogP contribution < -0.4 is 10.6 Å². The fourth-order valence-corrected chi connectivity index (χ4v) is 2.33. The summed E-state index contributed by atoms with van der Waals surface area (Å²) in [7, 11) is 0. The first-order chi connectivity index (χ1) is 9.11. The molecule has 0 saturated carbocycles. The Hall–Kier alpha value is -2.09. The van der Waals surface area contributed by atoms with E-state index in [1.807, 2.05) is 19.9 Å². The van der Waals surface area contributed by atoms with E-state index in [-0.39, 0.29) is 11.9 Å². The van der Waals surface area contributed by atoms with E-state index in [4.69, 9.17) is 5.26 Å². The maximum atomic E-state index is 11.9. The average molecular weight is 258 g/mol. The fraction of sp³-hybridized carbons (Fsp3) is 0.500. The highest BCUT2D eigenvalue weighted by atomic mass is 16.2. The Balaban J connectivity index is 2.19. The fourth-order valence-electron chi connectivity index (χ4n) is 2.33. The van der Waals surface area contributed by atoms with Crippen molar-refractivity contribution in [3.8, 4) is 6.07 Å². The number of rotatable bonds is 2. The highest BCUT2D eigenvalue weighted by molar-refractivity contribution is 5.84. The standard InChI is InChI=1S/C14H18N4O/c1-9-7-13(17-10(2)11(9)8-15)18-12-5-3-4-6-16-14(12)19/h7,12H,3-6H2,1-2H3,(H,16,19)(H,17,18). The van der Waals surface area contributed by atoms with Crippen molar-refractivity contribution < 1.29 is 4.79 Å². The molecule has 0 bridgehead atoms. The lowest BCUT2D eigenvalue weighted by molar-refractivity contribution is -0.121. The normalized spacial score (nSPS) is 19.2. The van der Waals surface area contributed by atoms with Gasteiger partial charge in [-0.1, -0.05) is 0 Å². The lowest BCUT2D eigenvalue weighted by atomic mass is 10.1. The molecule has 2 N–H and O–H groups in total. The molecule has 2 heterocycles. The van der Waals surface area contributed by atoms with Gasteiger partial charge in [-0.2, -0.15) is 5.26 Å². The van der Waals surface area contributed by atoms with Crippen molar-refractivity contribution in [2.75, 3.05) is 11.9 Å². The van der Waals surface area contributed by atoms with Gasteiger partial charge in [-0.05, 0) is 44.7 Å². The zero-order valence-electron chi connectivity index (χ0n) is 11.3. The van der Waals surface area contributed by atoms with Crippen LogP contribution in [0.1, 0.15) is 36.1 Å². The van der Waals surface area contributed by atoms with E-state index >= 15 is 0 Å². The number of hydrogen-bond donors (Lipinski definition) is 2. The molecule has 1 amide bonds. The van der Waals surface area contributed by atoms with Gasteiger partial charge in [0.05, 0.1) is 11.3 Å². The number of nitrogens with zero attached hydrogens (tertiary/aromatic N) is 2. The molecule has 2 rings (SSSR count). The second kappa shape index (κ2) is 5.70. The van der Waals surface area contributed by atoms with Gasteiger partial charge in [0.1, 0.15) is 17.9 Å². The van der Waals surface area contributed by atoms with Gasteiger partial charge in [0.15, 0.2) is 0 Å². The summed E-state index contributed by atoms with van der Waals surface area (Å²) in [6.45, 7) is 4.44. The first kappa shape index (κ1) is 13.3. The molecule has 5 heteroatoms. The second-order valence-electron chi connectivity index (χ2n) is 4.88. The Kier molecular flexibility index (Phi) is 4.00. The van der Waals surface area contributed by atoms with Gasteiger partial charge >= 0.3 is 0 Å². The minimum Gasteiger partial charge on any atom is -0.358 e. The molecule has 0 radical (unpaired) electrons. The molecule has 1 atom stereocenters. The summed E-state index contributed by atoms with van der Waals surface area (Å²) in [4.78, 5) is 16.2. The van der Waals surface area contributed by atoms with Crippen molar-refractivity contribution in [2.45, 2.75) is 39.2 Å². The number of carbonyl (C=O) groups excluding carboxylic acids is 1. The quantitative estimate of drug-likeness (QED) is 0.845. The van der Waals surface area contributed by atoms with E-state index in [9.17, 15) is 4.79 Å². The zero-order valence-corrected chi connectivity index (χ0v) is 11.3. The van der Waals surface area contributed by atoms with E-state index < -0.39 is 0 Å². The molecule has 1 aliphatic heterocycles. The average Bonchev–Trinajstić information content (AvgIpc) is 2.55. The summed E-state index contributed by atoms with van der Waals surface area (Å²) in [5.41, 5.74) is 2.18. The maximum absolute atomic E-state index is 11.9. The van der Waals surface area contributed by atoms with E-state index in [0.29, 0.717) is 17.1 Å². The molecule has 100 valence electrons. The van der Waals surface area contributed by atoms with Gasteiger partial charge in [0.2, 0.25) is 5.91 Å². The summed E-state index contributed by atoms with van der Waals surface area (Å²) >= 11 is 0. The number of pyridine rings is 1. The van der Waals surface area contributed by atoms with E-state index in [1.54, 1.807) is 0 Å². The summed E-state index contributed by atoms with van der Waals surface area (Å²) < 4.78 is 0. The lowest BCUT2D eigenvalue weighted by Gasteiger charge is -2.17. The van der Waals surface area contributed by atoms with Gasteiger partial charge < -0.3 is 10.6 Å². The molecule has 0 aliphatic carbocycles. The second-order valence-corrected chi connectivity index (χ2v) is 4.88. The van der Waals surface area contributed by atoms with Crippen LogP contribution in [0.4, 0.5) is 5.82 Å². The first-order valence-electron chi connectivity index (χ1n) is 6.54. The summed E-state index contributed by atoms with van der Waals surface area (Å²) in [6, 6.07) is 3.73. The molecule has 1 saturated heterocycles. The van der Waals surface area contributed by atoms with Crippen molar-refractivity contribution in [3.05, 3.63) is 22.9 Å². The zero-order chi connectivity index (χ0) is 13.8. The molecule has 1 aromatic heterocycles. The van der Waals surface area contributed by atoms with E-state index in [1.165, 1.54) is 0 Å². The smallest absolute Gasteiger partial charge is 0.242 e. The van der Waals surface area contributed by atoms with Crippen molar-refractivity contribution in [1.29, 1.82) is 5.26 Å². The maximum Gasteiger partial charge on any atom is 0.242 e. The third kappa shape index (κ3) is 3.02. The van der Waals surface area contributed by atoms with Crippen LogP contribution in [0.25, 0.3) is 0 Å². The molecule has 0 aromatic carbocycles. The molecule has 5 nitrogen and oxygen atoms in total. The summed E-state index contributed by atoms with van der Waals surface area (Å²) in [5.74, 6) is 0.690. The topological polar surface area (TPSA) is 77.8 Å². The highest BCUT2D eigenvalue weighted by Crippen LogP contribution is 2.17. The predicted molar refractivity (Wildman–Crippen MR) is 72.7 cm³/mol. The molecule has 1 aliphatic rings. The van der Waals surface area contributed by atoms with Crippen LogP contribution >= 0.6 is 0 Å². The van der Waals surface area contributed by atoms with Gasteiger partial charge in [0.25, 0.3) is 0 Å². The number of hydrogen-bond acceptors (Lipinski definition) is 4. The van der Waals surface area contributed by atoms with Crippen LogP contribution in [0, 0.1) is 25.2 Å². The number of aryl methyl sites for hydroxylation is 2. The summed E-state index contributed by atoms with van der Waals surface area (Å²) in [6.07, 6.45) is 2.85. The van der Waals surface area contributed by atoms with Crippen LogP contribution in [-0.4, -0.2) is 23.5 Å². The van der Waals surface area contributed by atoms with Crippen molar-refractivity contribution in [2.24, 2.45) is 0 Å². The van der Waals surface area contributed by atoms with Crippen LogP contribution in [0.2, 0.25) is 0 Å². The van der Waals surface area contributed by atoms with E-state index in [2.05, 4.69) is 21.7 Å².